The van der Waals surface area contributed by atoms with Crippen LogP contribution in [0.3, 0.4) is 0 Å². The van der Waals surface area contributed by atoms with Crippen LogP contribution in [0.1, 0.15) is 10.4 Å². The number of methoxy groups -OCH3 is 1. The van der Waals surface area contributed by atoms with Crippen molar-refractivity contribution in [2.24, 2.45) is 0 Å². The summed E-state index contributed by atoms with van der Waals surface area (Å²) in [5.74, 6) is 0.420. The lowest BCUT2D eigenvalue weighted by molar-refractivity contribution is 0.0943. The fourth-order valence-corrected chi connectivity index (χ4v) is 1.27. The molecule has 0 saturated carbocycles. The predicted molar refractivity (Wildman–Crippen MR) is 74.4 cm³/mol. The first-order valence-corrected chi connectivity index (χ1v) is 5.67. The Morgan fingerprint density at radius 2 is 2.06 bits per heavy atom. The zero-order valence-electron chi connectivity index (χ0n) is 10.0. The lowest BCUT2D eigenvalue weighted by Crippen LogP contribution is -2.46. The summed E-state index contributed by atoms with van der Waals surface area (Å²) in [5.41, 5.74) is 5.57. The Hall–Kier alpha value is -2.08. The SMILES string of the molecule is C=CCNC(=S)NNC(=O)c1ccc(OC)cc1. The van der Waals surface area contributed by atoms with E-state index < -0.39 is 0 Å². The van der Waals surface area contributed by atoms with E-state index in [1.807, 2.05) is 0 Å². The van der Waals surface area contributed by atoms with Gasteiger partial charge in [0.15, 0.2) is 5.11 Å². The van der Waals surface area contributed by atoms with Crippen molar-refractivity contribution in [3.63, 3.8) is 0 Å². The van der Waals surface area contributed by atoms with Gasteiger partial charge in [-0.05, 0) is 36.5 Å². The summed E-state index contributed by atoms with van der Waals surface area (Å²) in [5, 5.41) is 3.16. The monoisotopic (exact) mass is 265 g/mol. The molecule has 3 N–H and O–H groups in total. The zero-order chi connectivity index (χ0) is 13.4. The van der Waals surface area contributed by atoms with Crippen molar-refractivity contribution in [2.45, 2.75) is 0 Å². The standard InChI is InChI=1S/C12H15N3O2S/c1-3-8-13-12(18)15-14-11(16)9-4-6-10(17-2)7-5-9/h3-7H,1,8H2,2H3,(H,14,16)(H2,13,15,18). The first-order valence-electron chi connectivity index (χ1n) is 5.26. The summed E-state index contributed by atoms with van der Waals surface area (Å²) < 4.78 is 5.00. The van der Waals surface area contributed by atoms with Gasteiger partial charge < -0.3 is 10.1 Å². The third kappa shape index (κ3) is 4.42. The van der Waals surface area contributed by atoms with Crippen LogP contribution in [0.15, 0.2) is 36.9 Å². The van der Waals surface area contributed by atoms with Crippen LogP contribution in [0.5, 0.6) is 5.75 Å². The highest BCUT2D eigenvalue weighted by molar-refractivity contribution is 7.80. The number of hydrogen-bond donors (Lipinski definition) is 3. The summed E-state index contributed by atoms with van der Waals surface area (Å²) in [6.07, 6.45) is 1.67. The molecule has 96 valence electrons. The third-order valence-electron chi connectivity index (χ3n) is 2.05. The molecule has 0 atom stereocenters. The first kappa shape index (κ1) is 14.0. The van der Waals surface area contributed by atoms with Crippen molar-refractivity contribution < 1.29 is 9.53 Å². The van der Waals surface area contributed by atoms with Crippen LogP contribution in [0.4, 0.5) is 0 Å². The molecule has 0 aliphatic carbocycles. The number of rotatable bonds is 4. The first-order chi connectivity index (χ1) is 8.67. The van der Waals surface area contributed by atoms with Crippen LogP contribution in [-0.2, 0) is 0 Å². The maximum atomic E-state index is 11.7. The van der Waals surface area contributed by atoms with Crippen molar-refractivity contribution in [2.75, 3.05) is 13.7 Å². The maximum absolute atomic E-state index is 11.7. The maximum Gasteiger partial charge on any atom is 0.269 e. The second-order valence-electron chi connectivity index (χ2n) is 3.31. The largest absolute Gasteiger partial charge is 0.497 e. The number of nitrogens with one attached hydrogen (secondary N) is 3. The van der Waals surface area contributed by atoms with E-state index in [1.165, 1.54) is 0 Å². The van der Waals surface area contributed by atoms with Gasteiger partial charge in [-0.1, -0.05) is 6.08 Å². The van der Waals surface area contributed by atoms with Gasteiger partial charge in [-0.3, -0.25) is 15.6 Å². The molecule has 1 aromatic carbocycles. The van der Waals surface area contributed by atoms with Gasteiger partial charge in [0.25, 0.3) is 5.91 Å². The Morgan fingerprint density at radius 3 is 2.61 bits per heavy atom. The van der Waals surface area contributed by atoms with Gasteiger partial charge in [-0.2, -0.15) is 0 Å². The van der Waals surface area contributed by atoms with E-state index in [2.05, 4.69) is 22.7 Å². The van der Waals surface area contributed by atoms with Gasteiger partial charge >= 0.3 is 0 Å². The Balaban J connectivity index is 2.44. The molecule has 0 heterocycles. The average molecular weight is 265 g/mol. The molecule has 0 radical (unpaired) electrons. The van der Waals surface area contributed by atoms with Gasteiger partial charge in [-0.15, -0.1) is 6.58 Å². The van der Waals surface area contributed by atoms with E-state index in [1.54, 1.807) is 37.5 Å². The van der Waals surface area contributed by atoms with E-state index in [9.17, 15) is 4.79 Å². The molecule has 0 fully saturated rings. The molecule has 18 heavy (non-hydrogen) atoms. The molecule has 1 amide bonds. The quantitative estimate of drug-likeness (QED) is 0.430. The number of hydrogen-bond acceptors (Lipinski definition) is 3. The van der Waals surface area contributed by atoms with Crippen LogP contribution in [0.2, 0.25) is 0 Å². The molecule has 1 aromatic rings. The normalized spacial score (nSPS) is 9.17. The third-order valence-corrected chi connectivity index (χ3v) is 2.30. The lowest BCUT2D eigenvalue weighted by atomic mass is 10.2. The van der Waals surface area contributed by atoms with Gasteiger partial charge in [0, 0.05) is 12.1 Å². The smallest absolute Gasteiger partial charge is 0.269 e. The molecular weight excluding hydrogens is 250 g/mol. The number of ether oxygens (including phenoxy) is 1. The fraction of sp³-hybridized carbons (Fsp3) is 0.167. The molecule has 0 aliphatic heterocycles. The molecular formula is C12H15N3O2S. The van der Waals surface area contributed by atoms with Crippen LogP contribution >= 0.6 is 12.2 Å². The van der Waals surface area contributed by atoms with E-state index in [4.69, 9.17) is 17.0 Å². The van der Waals surface area contributed by atoms with Gasteiger partial charge in [0.1, 0.15) is 5.75 Å². The second-order valence-corrected chi connectivity index (χ2v) is 3.71. The molecule has 0 bridgehead atoms. The minimum absolute atomic E-state index is 0.277. The van der Waals surface area contributed by atoms with Crippen LogP contribution in [0, 0.1) is 0 Å². The average Bonchev–Trinajstić information content (AvgIpc) is 2.42. The molecule has 0 saturated heterocycles. The highest BCUT2D eigenvalue weighted by atomic mass is 32.1. The zero-order valence-corrected chi connectivity index (χ0v) is 10.8. The van der Waals surface area contributed by atoms with E-state index >= 15 is 0 Å². The van der Waals surface area contributed by atoms with Gasteiger partial charge in [0.2, 0.25) is 0 Å². The molecule has 0 aromatic heterocycles. The number of hydrazine groups is 1. The highest BCUT2D eigenvalue weighted by Gasteiger charge is 2.05. The summed E-state index contributed by atoms with van der Waals surface area (Å²) >= 11 is 4.92. The Morgan fingerprint density at radius 1 is 1.39 bits per heavy atom. The molecule has 0 unspecified atom stereocenters. The Bertz CT molecular complexity index is 431. The Kier molecular flexibility index (Phi) is 5.66. The van der Waals surface area contributed by atoms with Crippen molar-refractivity contribution in [3.05, 3.63) is 42.5 Å². The van der Waals surface area contributed by atoms with Crippen molar-refractivity contribution in [1.82, 2.24) is 16.2 Å². The Labute approximate surface area is 111 Å². The fourth-order valence-electron chi connectivity index (χ4n) is 1.14. The van der Waals surface area contributed by atoms with Gasteiger partial charge in [0.05, 0.1) is 7.11 Å². The molecule has 0 spiro atoms. The summed E-state index contributed by atoms with van der Waals surface area (Å²) in [6.45, 7) is 4.07. The number of amides is 1. The van der Waals surface area contributed by atoms with Crippen LogP contribution in [-0.4, -0.2) is 24.7 Å². The van der Waals surface area contributed by atoms with Crippen LogP contribution < -0.4 is 20.9 Å². The summed E-state index contributed by atoms with van der Waals surface area (Å²) in [6, 6.07) is 6.75. The number of carbonyl (C=O) groups excluding carboxylic acids is 1. The minimum Gasteiger partial charge on any atom is -0.497 e. The molecule has 6 heteroatoms. The van der Waals surface area contributed by atoms with E-state index in [-0.39, 0.29) is 5.91 Å². The predicted octanol–water partition coefficient (Wildman–Crippen LogP) is 0.990. The second kappa shape index (κ2) is 7.29. The van der Waals surface area contributed by atoms with Crippen molar-refractivity contribution in [3.8, 4) is 5.75 Å². The number of thiocarbonyl (C=S) groups is 1. The van der Waals surface area contributed by atoms with Crippen LogP contribution in [0.25, 0.3) is 0 Å². The summed E-state index contributed by atoms with van der Waals surface area (Å²) in [7, 11) is 1.57. The number of benzene rings is 1. The number of carbonyl (C=O) groups is 1. The minimum atomic E-state index is -0.277. The molecule has 0 aliphatic rings. The highest BCUT2D eigenvalue weighted by Crippen LogP contribution is 2.10. The van der Waals surface area contributed by atoms with Crippen molar-refractivity contribution >= 4 is 23.2 Å². The molecule has 1 rings (SSSR count). The summed E-state index contributed by atoms with van der Waals surface area (Å²) in [4.78, 5) is 11.7. The molecule has 5 nitrogen and oxygen atoms in total. The van der Waals surface area contributed by atoms with E-state index in [0.717, 1.165) is 0 Å². The lowest BCUT2D eigenvalue weighted by Gasteiger charge is -2.10. The topological polar surface area (TPSA) is 62.4 Å². The van der Waals surface area contributed by atoms with E-state index in [0.29, 0.717) is 23.0 Å². The van der Waals surface area contributed by atoms with Crippen molar-refractivity contribution in [1.29, 1.82) is 0 Å². The van der Waals surface area contributed by atoms with Gasteiger partial charge in [-0.25, -0.2) is 0 Å².